The summed E-state index contributed by atoms with van der Waals surface area (Å²) in [5, 5.41) is 0. The lowest BCUT2D eigenvalue weighted by Gasteiger charge is -2.28. The van der Waals surface area contributed by atoms with E-state index in [1.54, 1.807) is 0 Å². The van der Waals surface area contributed by atoms with Crippen molar-refractivity contribution in [1.29, 1.82) is 0 Å². The van der Waals surface area contributed by atoms with Gasteiger partial charge in [0.2, 0.25) is 0 Å². The Hall–Kier alpha value is -5.15. The molecule has 0 heterocycles. The van der Waals surface area contributed by atoms with Crippen molar-refractivity contribution in [2.75, 3.05) is 47.5 Å². The molecule has 506 valence electrons. The van der Waals surface area contributed by atoms with E-state index in [1.165, 1.54) is 57.8 Å². The monoisotopic (exact) mass is 1260 g/mol. The molecule has 0 aliphatic heterocycles. The Labute approximate surface area is 552 Å². The molecule has 9 nitrogen and oxygen atoms in total. The first-order valence-electron chi connectivity index (χ1n) is 35.1. The summed E-state index contributed by atoms with van der Waals surface area (Å²) in [6.45, 7) is 3.96. The minimum Gasteiger partial charge on any atom is -0.756 e. The van der Waals surface area contributed by atoms with Gasteiger partial charge in [0, 0.05) is 12.8 Å². The molecule has 0 bridgehead atoms. The molecule has 0 rings (SSSR count). The number of allylic oxidation sites excluding steroid dienone is 32. The number of ether oxygens (including phenoxy) is 2. The fourth-order valence-electron chi connectivity index (χ4n) is 8.80. The topological polar surface area (TPSA) is 111 Å². The van der Waals surface area contributed by atoms with Gasteiger partial charge >= 0.3 is 11.9 Å². The number of quaternary nitrogens is 1. The quantitative estimate of drug-likeness (QED) is 0.0195. The van der Waals surface area contributed by atoms with E-state index in [4.69, 9.17) is 18.5 Å². The minimum absolute atomic E-state index is 0.0471. The number of phosphoric ester groups is 1. The fraction of sp³-hybridized carbons (Fsp3) is 0.575. The van der Waals surface area contributed by atoms with Gasteiger partial charge in [0.05, 0.1) is 27.7 Å². The fourth-order valence-corrected chi connectivity index (χ4v) is 9.53. The van der Waals surface area contributed by atoms with Crippen molar-refractivity contribution >= 4 is 19.8 Å². The molecule has 2 atom stereocenters. The second-order valence-corrected chi connectivity index (χ2v) is 25.2. The molecule has 0 aromatic heterocycles. The van der Waals surface area contributed by atoms with E-state index in [-0.39, 0.29) is 26.1 Å². The van der Waals surface area contributed by atoms with E-state index in [0.29, 0.717) is 23.9 Å². The normalized spacial score (nSPS) is 14.3. The Morgan fingerprint density at radius 3 is 0.889 bits per heavy atom. The molecule has 2 unspecified atom stereocenters. The van der Waals surface area contributed by atoms with Crippen LogP contribution in [-0.2, 0) is 32.7 Å². The van der Waals surface area contributed by atoms with Gasteiger partial charge in [-0.3, -0.25) is 14.2 Å². The molecule has 0 aliphatic carbocycles. The van der Waals surface area contributed by atoms with Crippen molar-refractivity contribution in [1.82, 2.24) is 0 Å². The lowest BCUT2D eigenvalue weighted by molar-refractivity contribution is -0.870. The van der Waals surface area contributed by atoms with Crippen LogP contribution in [0.2, 0.25) is 0 Å². The Morgan fingerprint density at radius 2 is 0.600 bits per heavy atom. The van der Waals surface area contributed by atoms with Crippen LogP contribution in [0.25, 0.3) is 0 Å². The highest BCUT2D eigenvalue weighted by molar-refractivity contribution is 7.45. The standard InChI is InChI=1S/C80H128NO8P/c1-6-8-10-12-14-16-18-20-22-24-26-28-30-32-34-36-38-39-40-41-43-45-47-49-51-53-55-57-59-61-63-65-67-69-71-73-80(83)89-78(77-88-90(84,85)87-75-74-81(3,4)5)76-86-79(82)72-70-68-66-64-62-60-58-56-54-52-50-48-46-44-42-37-35-33-31-29-27-25-23-21-19-17-15-13-11-9-7-2/h8-11,14-17,20-23,26-29,32-35,38-39,41-44,47,49,53,55,59,61,78H,6-7,12-13,18-19,24-25,30-31,36-37,40,45-46,48,50-52,54,56-58,60,62-77H2,1-5H3/b10-8-,11-9-,16-14-,17-15-,22-20-,23-21-,28-26-,29-27-,34-32-,35-33-,39-38-,43-41-,44-42-,49-47-,55-53-,61-59-. The highest BCUT2D eigenvalue weighted by atomic mass is 31.2. The van der Waals surface area contributed by atoms with Crippen molar-refractivity contribution < 1.29 is 42.1 Å². The van der Waals surface area contributed by atoms with E-state index in [9.17, 15) is 19.0 Å². The molecule has 0 aromatic rings. The molecular weight excluding hydrogens is 1130 g/mol. The van der Waals surface area contributed by atoms with Crippen molar-refractivity contribution in [3.8, 4) is 0 Å². The molecule has 0 aliphatic rings. The zero-order valence-corrected chi connectivity index (χ0v) is 58.4. The number of rotatable bonds is 62. The summed E-state index contributed by atoms with van der Waals surface area (Å²) in [7, 11) is 1.12. The minimum atomic E-state index is -4.67. The zero-order chi connectivity index (χ0) is 65.5. The van der Waals surface area contributed by atoms with Gasteiger partial charge in [-0.25, -0.2) is 0 Å². The first-order valence-corrected chi connectivity index (χ1v) is 36.6. The van der Waals surface area contributed by atoms with Crippen LogP contribution in [0, 0.1) is 0 Å². The maximum Gasteiger partial charge on any atom is 0.306 e. The van der Waals surface area contributed by atoms with Crippen LogP contribution >= 0.6 is 7.82 Å². The van der Waals surface area contributed by atoms with Crippen molar-refractivity contribution in [2.24, 2.45) is 0 Å². The van der Waals surface area contributed by atoms with Crippen LogP contribution in [0.4, 0.5) is 0 Å². The van der Waals surface area contributed by atoms with E-state index in [2.05, 4.69) is 208 Å². The third kappa shape index (κ3) is 71.9. The first-order chi connectivity index (χ1) is 44.0. The van der Waals surface area contributed by atoms with Crippen molar-refractivity contribution in [3.63, 3.8) is 0 Å². The Balaban J connectivity index is 4.20. The summed E-state index contributed by atoms with van der Waals surface area (Å²) >= 11 is 0. The zero-order valence-electron chi connectivity index (χ0n) is 57.5. The van der Waals surface area contributed by atoms with Crippen LogP contribution in [-0.4, -0.2) is 70.0 Å². The third-order valence-corrected chi connectivity index (χ3v) is 15.1. The van der Waals surface area contributed by atoms with Crippen LogP contribution in [0.15, 0.2) is 194 Å². The van der Waals surface area contributed by atoms with E-state index in [1.807, 2.05) is 21.1 Å². The van der Waals surface area contributed by atoms with Crippen LogP contribution < -0.4 is 4.89 Å². The number of likely N-dealkylation sites (N-methyl/N-ethyl adjacent to an activating group) is 1. The predicted octanol–water partition coefficient (Wildman–Crippen LogP) is 22.6. The van der Waals surface area contributed by atoms with E-state index < -0.39 is 32.5 Å². The maximum absolute atomic E-state index is 12.9. The highest BCUT2D eigenvalue weighted by Gasteiger charge is 2.22. The highest BCUT2D eigenvalue weighted by Crippen LogP contribution is 2.38. The Bertz CT molecular complexity index is 2220. The number of phosphoric acid groups is 1. The molecule has 0 saturated heterocycles. The molecular formula is C80H128NO8P. The number of carbonyl (C=O) groups is 2. The number of hydrogen-bond donors (Lipinski definition) is 0. The van der Waals surface area contributed by atoms with Gasteiger partial charge in [0.25, 0.3) is 7.82 Å². The first kappa shape index (κ1) is 84.8. The van der Waals surface area contributed by atoms with E-state index in [0.717, 1.165) is 148 Å². The van der Waals surface area contributed by atoms with Crippen LogP contribution in [0.5, 0.6) is 0 Å². The summed E-state index contributed by atoms with van der Waals surface area (Å²) in [5.74, 6) is -0.878. The second-order valence-electron chi connectivity index (χ2n) is 23.8. The molecule has 0 fully saturated rings. The Kier molecular flexibility index (Phi) is 64.3. The van der Waals surface area contributed by atoms with Gasteiger partial charge in [-0.1, -0.05) is 285 Å². The molecule has 10 heteroatoms. The lowest BCUT2D eigenvalue weighted by Crippen LogP contribution is -2.37. The SMILES string of the molecule is CC/C=C\C/C=C\C/C=C\C/C=C\C/C=C\C/C=C\C/C=C\C/C=C\C/C=C\C/C=C\CCCCCCC(=O)OC(COC(=O)CCCCCCCCCCCCCC/C=C\C/C=C\C/C=C\C/C=C\C/C=C\C/C=C\CC)COP(=O)([O-])OCC[N+](C)(C)C. The maximum atomic E-state index is 12.9. The third-order valence-electron chi connectivity index (χ3n) is 14.1. The van der Waals surface area contributed by atoms with Gasteiger partial charge in [0.1, 0.15) is 19.8 Å². The lowest BCUT2D eigenvalue weighted by atomic mass is 10.0. The van der Waals surface area contributed by atoms with Crippen molar-refractivity contribution in [2.45, 2.75) is 251 Å². The summed E-state index contributed by atoms with van der Waals surface area (Å²) in [6, 6.07) is 0. The molecule has 0 radical (unpaired) electrons. The molecule has 0 aromatic carbocycles. The van der Waals surface area contributed by atoms with Crippen molar-refractivity contribution in [3.05, 3.63) is 194 Å². The number of nitrogens with zero attached hydrogens (tertiary/aromatic N) is 1. The van der Waals surface area contributed by atoms with Crippen LogP contribution in [0.1, 0.15) is 245 Å². The Morgan fingerprint density at radius 1 is 0.344 bits per heavy atom. The average Bonchev–Trinajstić information content (AvgIpc) is 3.61. The van der Waals surface area contributed by atoms with Crippen LogP contribution in [0.3, 0.4) is 0 Å². The summed E-state index contributed by atoms with van der Waals surface area (Å²) in [4.78, 5) is 38.1. The number of hydrogen-bond acceptors (Lipinski definition) is 8. The summed E-state index contributed by atoms with van der Waals surface area (Å²) < 4.78 is 34.3. The molecule has 0 spiro atoms. The average molecular weight is 1260 g/mol. The number of unbranched alkanes of at least 4 members (excludes halogenated alkanes) is 16. The summed E-state index contributed by atoms with van der Waals surface area (Å²) in [5.41, 5.74) is 0. The predicted molar refractivity (Wildman–Crippen MR) is 387 cm³/mol. The second kappa shape index (κ2) is 68.2. The van der Waals surface area contributed by atoms with Gasteiger partial charge in [-0.2, -0.15) is 0 Å². The smallest absolute Gasteiger partial charge is 0.306 e. The molecule has 0 N–H and O–H groups in total. The summed E-state index contributed by atoms with van der Waals surface area (Å²) in [6.07, 6.45) is 106. The van der Waals surface area contributed by atoms with Gasteiger partial charge in [0.15, 0.2) is 6.10 Å². The molecule has 90 heavy (non-hydrogen) atoms. The van der Waals surface area contributed by atoms with Gasteiger partial charge < -0.3 is 27.9 Å². The van der Waals surface area contributed by atoms with E-state index >= 15 is 0 Å². The number of esters is 2. The largest absolute Gasteiger partial charge is 0.756 e. The van der Waals surface area contributed by atoms with Gasteiger partial charge in [-0.05, 0) is 141 Å². The van der Waals surface area contributed by atoms with Gasteiger partial charge in [-0.15, -0.1) is 0 Å². The number of carbonyl (C=O) groups excluding carboxylic acids is 2. The molecule has 0 amide bonds. The molecule has 0 saturated carbocycles.